The van der Waals surface area contributed by atoms with Crippen LogP contribution < -0.4 is 14.5 Å². The van der Waals surface area contributed by atoms with E-state index in [9.17, 15) is 14.4 Å². The molecule has 3 atom stereocenters. The number of nitrogens with zero attached hydrogens (tertiary/aromatic N) is 3. The van der Waals surface area contributed by atoms with Crippen molar-refractivity contribution in [3.8, 4) is 5.75 Å². The van der Waals surface area contributed by atoms with Gasteiger partial charge < -0.3 is 24.0 Å². The fraction of sp³-hybridized carbons (Fsp3) is 0.714. The number of carbonyl (C=O) groups is 3. The molecule has 1 aliphatic carbocycles. The molecule has 4 rings (SSSR count). The standard InChI is InChI=1S/C35H53N3O6/c1-7-42-17-16-37-30-20-29(14-15-32(30)44-35(5,6)34(37)41)38(28-12-13-28)33(40)27-19-26(21-36-22-27)31(39)11-9-10-25(18-24(3)4)23-43-8-2/h14-15,20,22,24-28H,7-13,16-19,21,23H2,1-6H3/t25?,26-,27+/m0/s1. The van der Waals surface area contributed by atoms with Crippen LogP contribution in [0.5, 0.6) is 5.75 Å². The molecule has 0 saturated heterocycles. The topological polar surface area (TPSA) is 97.7 Å². The van der Waals surface area contributed by atoms with Gasteiger partial charge in [0.1, 0.15) is 11.5 Å². The molecule has 2 heterocycles. The average molecular weight is 612 g/mol. The number of rotatable bonds is 17. The van der Waals surface area contributed by atoms with E-state index >= 15 is 0 Å². The maximum atomic E-state index is 14.1. The minimum absolute atomic E-state index is 0.0355. The number of aliphatic imine (C=N–C) groups is 1. The maximum Gasteiger partial charge on any atom is 0.270 e. The van der Waals surface area contributed by atoms with Gasteiger partial charge in [-0.25, -0.2) is 0 Å². The Hall–Kier alpha value is -2.78. The van der Waals surface area contributed by atoms with E-state index in [1.54, 1.807) is 25.0 Å². The second-order valence-corrected chi connectivity index (χ2v) is 13.4. The summed E-state index contributed by atoms with van der Waals surface area (Å²) < 4.78 is 17.3. The van der Waals surface area contributed by atoms with Crippen LogP contribution in [0.4, 0.5) is 11.4 Å². The molecular formula is C35H53N3O6. The Morgan fingerprint density at radius 2 is 1.91 bits per heavy atom. The summed E-state index contributed by atoms with van der Waals surface area (Å²) in [4.78, 5) is 48.7. The molecule has 0 radical (unpaired) electrons. The Kier molecular flexibility index (Phi) is 12.0. The first kappa shape index (κ1) is 34.1. The first-order valence-electron chi connectivity index (χ1n) is 16.7. The summed E-state index contributed by atoms with van der Waals surface area (Å²) in [5, 5.41) is 0. The maximum absolute atomic E-state index is 14.1. The lowest BCUT2D eigenvalue weighted by atomic mass is 9.85. The third kappa shape index (κ3) is 8.68. The second-order valence-electron chi connectivity index (χ2n) is 13.4. The molecule has 1 saturated carbocycles. The second kappa shape index (κ2) is 15.5. The summed E-state index contributed by atoms with van der Waals surface area (Å²) in [6.07, 6.45) is 7.49. The number of hydrogen-bond donors (Lipinski definition) is 0. The van der Waals surface area contributed by atoms with Gasteiger partial charge in [0.2, 0.25) is 5.91 Å². The molecule has 2 aliphatic heterocycles. The highest BCUT2D eigenvalue weighted by Gasteiger charge is 2.43. The van der Waals surface area contributed by atoms with Crippen molar-refractivity contribution in [1.29, 1.82) is 0 Å². The number of fused-ring (bicyclic) bond motifs is 1. The Balaban J connectivity index is 1.44. The number of anilines is 2. The number of hydrogen-bond acceptors (Lipinski definition) is 7. The third-order valence-electron chi connectivity index (χ3n) is 8.77. The minimum Gasteiger partial charge on any atom is -0.476 e. The summed E-state index contributed by atoms with van der Waals surface area (Å²) >= 11 is 0. The number of ether oxygens (including phenoxy) is 3. The molecular weight excluding hydrogens is 558 g/mol. The van der Waals surface area contributed by atoms with E-state index in [4.69, 9.17) is 14.2 Å². The van der Waals surface area contributed by atoms with Crippen LogP contribution in [0.1, 0.15) is 86.5 Å². The van der Waals surface area contributed by atoms with Crippen LogP contribution in [0.25, 0.3) is 0 Å². The predicted octanol–water partition coefficient (Wildman–Crippen LogP) is 5.87. The highest BCUT2D eigenvalue weighted by atomic mass is 16.5. The average Bonchev–Trinajstić information content (AvgIpc) is 3.83. The van der Waals surface area contributed by atoms with Gasteiger partial charge in [-0.3, -0.25) is 19.4 Å². The van der Waals surface area contributed by atoms with Gasteiger partial charge in [0.05, 0.1) is 18.2 Å². The van der Waals surface area contributed by atoms with Gasteiger partial charge in [0.15, 0.2) is 5.60 Å². The van der Waals surface area contributed by atoms with Crippen molar-refractivity contribution in [3.05, 3.63) is 18.2 Å². The molecule has 1 unspecified atom stereocenters. The molecule has 0 bridgehead atoms. The van der Waals surface area contributed by atoms with Crippen molar-refractivity contribution < 1.29 is 28.6 Å². The molecule has 0 spiro atoms. The van der Waals surface area contributed by atoms with Crippen molar-refractivity contribution in [3.63, 3.8) is 0 Å². The normalized spacial score (nSPS) is 21.6. The summed E-state index contributed by atoms with van der Waals surface area (Å²) in [7, 11) is 0. The van der Waals surface area contributed by atoms with Gasteiger partial charge in [-0.15, -0.1) is 0 Å². The monoisotopic (exact) mass is 611 g/mol. The number of Topliss-reactive ketones (excluding diaryl/α,β-unsaturated/α-hetero) is 1. The van der Waals surface area contributed by atoms with Gasteiger partial charge in [0, 0.05) is 63.2 Å². The third-order valence-corrected chi connectivity index (χ3v) is 8.77. The highest BCUT2D eigenvalue weighted by Crippen LogP contribution is 2.43. The molecule has 9 nitrogen and oxygen atoms in total. The van der Waals surface area contributed by atoms with E-state index in [1.165, 1.54) is 0 Å². The SMILES string of the molecule is CCOCCN1C(=O)C(C)(C)Oc2ccc(N(C(=O)[C@H]3C=NC[C@@H](C(=O)CCCC(COCC)CC(C)C)C3)C3CC3)cc21. The van der Waals surface area contributed by atoms with Crippen LogP contribution in [0.15, 0.2) is 23.2 Å². The van der Waals surface area contributed by atoms with Gasteiger partial charge in [-0.05, 0) is 96.3 Å². The molecule has 1 fully saturated rings. The fourth-order valence-electron chi connectivity index (χ4n) is 6.40. The Bertz CT molecular complexity index is 1180. The molecule has 244 valence electrons. The molecule has 2 amide bonds. The molecule has 1 aromatic carbocycles. The largest absolute Gasteiger partial charge is 0.476 e. The molecule has 3 aliphatic rings. The molecule has 44 heavy (non-hydrogen) atoms. The van der Waals surface area contributed by atoms with Gasteiger partial charge in [-0.1, -0.05) is 13.8 Å². The molecule has 0 N–H and O–H groups in total. The van der Waals surface area contributed by atoms with E-state index in [0.717, 1.165) is 44.4 Å². The first-order valence-corrected chi connectivity index (χ1v) is 16.7. The van der Waals surface area contributed by atoms with E-state index in [0.29, 0.717) is 69.0 Å². The summed E-state index contributed by atoms with van der Waals surface area (Å²) in [6.45, 7) is 15.2. The van der Waals surface area contributed by atoms with E-state index in [2.05, 4.69) is 18.8 Å². The van der Waals surface area contributed by atoms with Gasteiger partial charge in [0.25, 0.3) is 5.91 Å². The zero-order valence-corrected chi connectivity index (χ0v) is 27.7. The Morgan fingerprint density at radius 3 is 2.59 bits per heavy atom. The first-order chi connectivity index (χ1) is 21.1. The molecule has 9 heteroatoms. The van der Waals surface area contributed by atoms with Crippen LogP contribution in [0.2, 0.25) is 0 Å². The fourth-order valence-corrected chi connectivity index (χ4v) is 6.40. The lowest BCUT2D eigenvalue weighted by Crippen LogP contribution is -2.53. The Morgan fingerprint density at radius 1 is 1.16 bits per heavy atom. The predicted molar refractivity (Wildman–Crippen MR) is 174 cm³/mol. The van der Waals surface area contributed by atoms with Crippen molar-refractivity contribution in [2.45, 2.75) is 98.1 Å². The van der Waals surface area contributed by atoms with Crippen LogP contribution >= 0.6 is 0 Å². The van der Waals surface area contributed by atoms with Crippen molar-refractivity contribution in [1.82, 2.24) is 0 Å². The number of carbonyl (C=O) groups excluding carboxylic acids is 3. The number of amides is 2. The zero-order chi connectivity index (χ0) is 31.9. The minimum atomic E-state index is -0.995. The zero-order valence-electron chi connectivity index (χ0n) is 27.7. The number of benzene rings is 1. The van der Waals surface area contributed by atoms with E-state index in [1.807, 2.05) is 36.9 Å². The van der Waals surface area contributed by atoms with Crippen molar-refractivity contribution in [2.75, 3.05) is 49.3 Å². The molecule has 1 aromatic rings. The van der Waals surface area contributed by atoms with Crippen LogP contribution in [0, 0.1) is 23.7 Å². The van der Waals surface area contributed by atoms with Crippen LogP contribution in [0.3, 0.4) is 0 Å². The van der Waals surface area contributed by atoms with Gasteiger partial charge >= 0.3 is 0 Å². The quantitative estimate of drug-likeness (QED) is 0.205. The molecule has 0 aromatic heterocycles. The lowest BCUT2D eigenvalue weighted by Gasteiger charge is -2.39. The van der Waals surface area contributed by atoms with Crippen LogP contribution in [-0.2, 0) is 23.9 Å². The number of ketones is 1. The summed E-state index contributed by atoms with van der Waals surface area (Å²) in [5.74, 6) is 1.01. The van der Waals surface area contributed by atoms with Crippen molar-refractivity contribution >= 4 is 35.2 Å². The summed E-state index contributed by atoms with van der Waals surface area (Å²) in [6, 6.07) is 5.75. The summed E-state index contributed by atoms with van der Waals surface area (Å²) in [5.41, 5.74) is 0.391. The van der Waals surface area contributed by atoms with E-state index < -0.39 is 11.5 Å². The lowest BCUT2D eigenvalue weighted by molar-refractivity contribution is -0.133. The van der Waals surface area contributed by atoms with Crippen molar-refractivity contribution in [2.24, 2.45) is 28.7 Å². The van der Waals surface area contributed by atoms with Gasteiger partial charge in [-0.2, -0.15) is 0 Å². The van der Waals surface area contributed by atoms with E-state index in [-0.39, 0.29) is 29.6 Å². The highest BCUT2D eigenvalue weighted by molar-refractivity contribution is 6.07. The smallest absolute Gasteiger partial charge is 0.270 e. The van der Waals surface area contributed by atoms with Crippen LogP contribution in [-0.4, -0.2) is 75.0 Å². The Labute approximate surface area is 263 Å².